The van der Waals surface area contributed by atoms with Gasteiger partial charge in [0.1, 0.15) is 0 Å². The lowest BCUT2D eigenvalue weighted by Gasteiger charge is -2.03. The van der Waals surface area contributed by atoms with Crippen LogP contribution < -0.4 is 10.9 Å². The largest absolute Gasteiger partial charge is 0.279 e. The Morgan fingerprint density at radius 1 is 1.24 bits per heavy atom. The number of amides is 2. The Morgan fingerprint density at radius 3 is 2.71 bits per heavy atom. The van der Waals surface area contributed by atoms with Gasteiger partial charge >= 0.3 is 0 Å². The highest BCUT2D eigenvalue weighted by Crippen LogP contribution is 2.17. The zero-order chi connectivity index (χ0) is 15.2. The second-order valence-corrected chi connectivity index (χ2v) is 5.62. The molecule has 0 bridgehead atoms. The number of halogens is 1. The number of benzene rings is 1. The first-order chi connectivity index (χ1) is 10.1. The zero-order valence-corrected chi connectivity index (χ0v) is 12.8. The summed E-state index contributed by atoms with van der Waals surface area (Å²) in [6, 6.07) is 8.94. The molecule has 2 aromatic rings. The molecule has 0 saturated carbocycles. The highest BCUT2D eigenvalue weighted by atomic mass is 35.5. The first kappa shape index (κ1) is 15.3. The molecule has 21 heavy (non-hydrogen) atoms. The molecule has 0 unspecified atom stereocenters. The SMILES string of the molecule is Cc1ccc(/C=C/C(=O)NNC(=O)c2cccs2)cc1Cl. The van der Waals surface area contributed by atoms with E-state index in [0.29, 0.717) is 9.90 Å². The van der Waals surface area contributed by atoms with Gasteiger partial charge in [0, 0.05) is 11.1 Å². The number of nitrogens with one attached hydrogen (secondary N) is 2. The van der Waals surface area contributed by atoms with E-state index in [9.17, 15) is 9.59 Å². The van der Waals surface area contributed by atoms with Gasteiger partial charge in [-0.05, 0) is 41.6 Å². The van der Waals surface area contributed by atoms with E-state index >= 15 is 0 Å². The van der Waals surface area contributed by atoms with Crippen LogP contribution in [0.15, 0.2) is 41.8 Å². The molecule has 0 aliphatic carbocycles. The maximum atomic E-state index is 11.6. The van der Waals surface area contributed by atoms with E-state index in [1.807, 2.05) is 19.1 Å². The van der Waals surface area contributed by atoms with Crippen LogP contribution in [-0.2, 0) is 4.79 Å². The van der Waals surface area contributed by atoms with Crippen molar-refractivity contribution in [2.45, 2.75) is 6.92 Å². The van der Waals surface area contributed by atoms with Crippen molar-refractivity contribution < 1.29 is 9.59 Å². The van der Waals surface area contributed by atoms with Crippen molar-refractivity contribution in [3.63, 3.8) is 0 Å². The van der Waals surface area contributed by atoms with E-state index in [1.165, 1.54) is 17.4 Å². The number of aryl methyl sites for hydroxylation is 1. The third-order valence-electron chi connectivity index (χ3n) is 2.67. The summed E-state index contributed by atoms with van der Waals surface area (Å²) in [5.41, 5.74) is 6.44. The molecule has 1 aromatic heterocycles. The standard InChI is InChI=1S/C15H13ClN2O2S/c1-10-4-5-11(9-12(10)16)6-7-14(19)17-18-15(20)13-3-2-8-21-13/h2-9H,1H3,(H,17,19)(H,18,20)/b7-6+. The molecule has 1 aromatic carbocycles. The normalized spacial score (nSPS) is 10.6. The fraction of sp³-hybridized carbons (Fsp3) is 0.0667. The number of hydrogen-bond acceptors (Lipinski definition) is 3. The van der Waals surface area contributed by atoms with Crippen LogP contribution in [0.5, 0.6) is 0 Å². The van der Waals surface area contributed by atoms with E-state index < -0.39 is 5.91 Å². The van der Waals surface area contributed by atoms with E-state index in [2.05, 4.69) is 10.9 Å². The number of hydrazine groups is 1. The Balaban J connectivity index is 1.88. The molecule has 0 aliphatic heterocycles. The van der Waals surface area contributed by atoms with Gasteiger partial charge in [-0.3, -0.25) is 20.4 Å². The molecule has 0 atom stereocenters. The van der Waals surface area contributed by atoms with Crippen molar-refractivity contribution in [3.05, 3.63) is 62.8 Å². The van der Waals surface area contributed by atoms with Crippen LogP contribution in [0.3, 0.4) is 0 Å². The van der Waals surface area contributed by atoms with Crippen LogP contribution in [0.1, 0.15) is 20.8 Å². The summed E-state index contributed by atoms with van der Waals surface area (Å²) in [4.78, 5) is 23.7. The Kier molecular flexibility index (Phi) is 5.14. The lowest BCUT2D eigenvalue weighted by molar-refractivity contribution is -0.117. The fourth-order valence-electron chi connectivity index (χ4n) is 1.51. The number of rotatable bonds is 3. The van der Waals surface area contributed by atoms with Crippen LogP contribution in [0.4, 0.5) is 0 Å². The minimum atomic E-state index is -0.420. The minimum Gasteiger partial charge on any atom is -0.268 e. The number of carbonyl (C=O) groups is 2. The van der Waals surface area contributed by atoms with Crippen molar-refractivity contribution in [1.82, 2.24) is 10.9 Å². The summed E-state index contributed by atoms with van der Waals surface area (Å²) in [5.74, 6) is -0.762. The molecule has 0 aliphatic rings. The summed E-state index contributed by atoms with van der Waals surface area (Å²) in [7, 11) is 0. The molecule has 0 spiro atoms. The van der Waals surface area contributed by atoms with Gasteiger partial charge in [-0.2, -0.15) is 0 Å². The Hall–Kier alpha value is -2.11. The second kappa shape index (κ2) is 7.06. The topological polar surface area (TPSA) is 58.2 Å². The highest BCUT2D eigenvalue weighted by molar-refractivity contribution is 7.12. The zero-order valence-electron chi connectivity index (χ0n) is 11.2. The molecule has 2 rings (SSSR count). The van der Waals surface area contributed by atoms with Gasteiger partial charge < -0.3 is 0 Å². The first-order valence-corrected chi connectivity index (χ1v) is 7.40. The molecular weight excluding hydrogens is 308 g/mol. The van der Waals surface area contributed by atoms with Crippen molar-refractivity contribution >= 4 is 40.8 Å². The number of hydrogen-bond donors (Lipinski definition) is 2. The van der Waals surface area contributed by atoms with Crippen LogP contribution in [0.25, 0.3) is 6.08 Å². The number of thiophene rings is 1. The molecule has 0 fully saturated rings. The molecule has 2 amide bonds. The summed E-state index contributed by atoms with van der Waals surface area (Å²) in [6.07, 6.45) is 2.95. The van der Waals surface area contributed by atoms with Gasteiger partial charge in [0.25, 0.3) is 11.8 Å². The molecular formula is C15H13ClN2O2S. The Labute approximate surface area is 131 Å². The molecule has 108 valence electrons. The monoisotopic (exact) mass is 320 g/mol. The van der Waals surface area contributed by atoms with E-state index in [1.54, 1.807) is 29.7 Å². The molecule has 2 N–H and O–H groups in total. The Morgan fingerprint density at radius 2 is 2.05 bits per heavy atom. The molecule has 0 radical (unpaired) electrons. The fourth-order valence-corrected chi connectivity index (χ4v) is 2.32. The van der Waals surface area contributed by atoms with Gasteiger partial charge in [-0.25, -0.2) is 0 Å². The smallest absolute Gasteiger partial charge is 0.268 e. The minimum absolute atomic E-state index is 0.342. The average Bonchev–Trinajstić information content (AvgIpc) is 3.00. The number of carbonyl (C=O) groups excluding carboxylic acids is 2. The lowest BCUT2D eigenvalue weighted by Crippen LogP contribution is -2.40. The van der Waals surface area contributed by atoms with Gasteiger partial charge in [-0.1, -0.05) is 29.8 Å². The van der Waals surface area contributed by atoms with Gasteiger partial charge in [0.15, 0.2) is 0 Å². The van der Waals surface area contributed by atoms with Crippen molar-refractivity contribution in [3.8, 4) is 0 Å². The lowest BCUT2D eigenvalue weighted by atomic mass is 10.1. The Bertz CT molecular complexity index is 681. The maximum Gasteiger partial charge on any atom is 0.279 e. The van der Waals surface area contributed by atoms with Crippen molar-refractivity contribution in [1.29, 1.82) is 0 Å². The summed E-state index contributed by atoms with van der Waals surface area (Å²) >= 11 is 7.30. The average molecular weight is 321 g/mol. The van der Waals surface area contributed by atoms with E-state index in [4.69, 9.17) is 11.6 Å². The summed E-state index contributed by atoms with van der Waals surface area (Å²) < 4.78 is 0. The van der Waals surface area contributed by atoms with Gasteiger partial charge in [0.05, 0.1) is 4.88 Å². The first-order valence-electron chi connectivity index (χ1n) is 6.14. The molecule has 6 heteroatoms. The third-order valence-corrected chi connectivity index (χ3v) is 3.94. The van der Waals surface area contributed by atoms with E-state index in [0.717, 1.165) is 11.1 Å². The molecule has 0 saturated heterocycles. The van der Waals surface area contributed by atoms with Crippen LogP contribution in [-0.4, -0.2) is 11.8 Å². The summed E-state index contributed by atoms with van der Waals surface area (Å²) in [6.45, 7) is 1.91. The molecule has 1 heterocycles. The van der Waals surface area contributed by atoms with Crippen LogP contribution in [0, 0.1) is 6.92 Å². The van der Waals surface area contributed by atoms with Crippen LogP contribution >= 0.6 is 22.9 Å². The quantitative estimate of drug-likeness (QED) is 0.674. The van der Waals surface area contributed by atoms with Crippen LogP contribution in [0.2, 0.25) is 5.02 Å². The van der Waals surface area contributed by atoms with E-state index in [-0.39, 0.29) is 5.91 Å². The second-order valence-electron chi connectivity index (χ2n) is 4.26. The van der Waals surface area contributed by atoms with Crippen molar-refractivity contribution in [2.75, 3.05) is 0 Å². The van der Waals surface area contributed by atoms with Crippen molar-refractivity contribution in [2.24, 2.45) is 0 Å². The maximum absolute atomic E-state index is 11.6. The molecule has 4 nitrogen and oxygen atoms in total. The predicted octanol–water partition coefficient (Wildman–Crippen LogP) is 3.18. The highest BCUT2D eigenvalue weighted by Gasteiger charge is 2.06. The third kappa shape index (κ3) is 4.44. The summed E-state index contributed by atoms with van der Waals surface area (Å²) in [5, 5.41) is 2.43. The van der Waals surface area contributed by atoms with Gasteiger partial charge in [-0.15, -0.1) is 11.3 Å². The predicted molar refractivity (Wildman–Crippen MR) is 85.2 cm³/mol. The van der Waals surface area contributed by atoms with Gasteiger partial charge in [0.2, 0.25) is 0 Å².